The molecule has 0 amide bonds. The van der Waals surface area contributed by atoms with Crippen molar-refractivity contribution in [3.63, 3.8) is 0 Å². The monoisotopic (exact) mass is 378 g/mol. The Morgan fingerprint density at radius 1 is 1.04 bits per heavy atom. The van der Waals surface area contributed by atoms with Gasteiger partial charge >= 0.3 is 6.16 Å². The molecule has 0 aliphatic carbocycles. The Labute approximate surface area is 144 Å². The maximum Gasteiger partial charge on any atom is 0.513 e. The van der Waals surface area contributed by atoms with Gasteiger partial charge in [0.15, 0.2) is 0 Å². The number of benzene rings is 2. The van der Waals surface area contributed by atoms with Crippen LogP contribution in [-0.2, 0) is 11.3 Å². The second-order valence-electron chi connectivity index (χ2n) is 5.26. The molecule has 0 aromatic heterocycles. The Morgan fingerprint density at radius 3 is 2.43 bits per heavy atom. The molecule has 0 aliphatic rings. The number of hydrogen-bond acceptors (Lipinski definition) is 4. The molecule has 0 aliphatic heterocycles. The molecule has 23 heavy (non-hydrogen) atoms. The third-order valence-electron chi connectivity index (χ3n) is 3.60. The summed E-state index contributed by atoms with van der Waals surface area (Å²) in [7, 11) is 1.27. The van der Waals surface area contributed by atoms with E-state index in [2.05, 4.69) is 33.7 Å². The standard InChI is InChI=1S/C18H19BrO4/c1-11-8-13(3)17(9-12(11)2)22-10-14-15(19)6-5-7-16(14)23-18(20)21-4/h5-9H,10H2,1-4H3. The van der Waals surface area contributed by atoms with Crippen LogP contribution in [0.25, 0.3) is 0 Å². The third-order valence-corrected chi connectivity index (χ3v) is 4.34. The van der Waals surface area contributed by atoms with Gasteiger partial charge in [-0.3, -0.25) is 0 Å². The van der Waals surface area contributed by atoms with Crippen molar-refractivity contribution in [2.45, 2.75) is 27.4 Å². The molecular formula is C18H19BrO4. The molecule has 2 aromatic carbocycles. The van der Waals surface area contributed by atoms with E-state index in [9.17, 15) is 4.79 Å². The molecule has 0 fully saturated rings. The Hall–Kier alpha value is -2.01. The van der Waals surface area contributed by atoms with Crippen molar-refractivity contribution in [1.82, 2.24) is 0 Å². The first-order valence-corrected chi connectivity index (χ1v) is 7.95. The van der Waals surface area contributed by atoms with Crippen molar-refractivity contribution >= 4 is 22.1 Å². The molecule has 0 radical (unpaired) electrons. The largest absolute Gasteiger partial charge is 0.513 e. The molecule has 0 saturated heterocycles. The fraction of sp³-hybridized carbons (Fsp3) is 0.278. The molecule has 2 aromatic rings. The van der Waals surface area contributed by atoms with Crippen LogP contribution in [0.1, 0.15) is 22.3 Å². The lowest BCUT2D eigenvalue weighted by atomic mass is 10.1. The first-order valence-electron chi connectivity index (χ1n) is 7.16. The molecule has 122 valence electrons. The van der Waals surface area contributed by atoms with Crippen LogP contribution in [0.3, 0.4) is 0 Å². The van der Waals surface area contributed by atoms with Gasteiger partial charge < -0.3 is 14.2 Å². The Bertz CT molecular complexity index is 725. The first kappa shape index (κ1) is 17.3. The van der Waals surface area contributed by atoms with Crippen molar-refractivity contribution < 1.29 is 19.0 Å². The summed E-state index contributed by atoms with van der Waals surface area (Å²) in [5.41, 5.74) is 4.21. The average Bonchev–Trinajstić information content (AvgIpc) is 2.51. The highest BCUT2D eigenvalue weighted by atomic mass is 79.9. The summed E-state index contributed by atoms with van der Waals surface area (Å²) in [6, 6.07) is 9.47. The van der Waals surface area contributed by atoms with E-state index in [0.717, 1.165) is 21.3 Å². The van der Waals surface area contributed by atoms with E-state index in [-0.39, 0.29) is 6.61 Å². The van der Waals surface area contributed by atoms with Crippen LogP contribution >= 0.6 is 15.9 Å². The number of rotatable bonds is 4. The van der Waals surface area contributed by atoms with Gasteiger partial charge in [0.2, 0.25) is 0 Å². The highest BCUT2D eigenvalue weighted by molar-refractivity contribution is 9.10. The number of carbonyl (C=O) groups is 1. The van der Waals surface area contributed by atoms with E-state index < -0.39 is 6.16 Å². The number of aryl methyl sites for hydroxylation is 3. The summed E-state index contributed by atoms with van der Waals surface area (Å²) >= 11 is 3.47. The molecule has 0 spiro atoms. The van der Waals surface area contributed by atoms with Gasteiger partial charge in [0.25, 0.3) is 0 Å². The van der Waals surface area contributed by atoms with Gasteiger partial charge in [-0.15, -0.1) is 0 Å². The van der Waals surface area contributed by atoms with E-state index in [1.54, 1.807) is 12.1 Å². The Morgan fingerprint density at radius 2 is 1.74 bits per heavy atom. The number of carbonyl (C=O) groups excluding carboxylic acids is 1. The van der Waals surface area contributed by atoms with E-state index in [0.29, 0.717) is 5.75 Å². The molecule has 0 bridgehead atoms. The summed E-state index contributed by atoms with van der Waals surface area (Å²) in [5.74, 6) is 1.22. The van der Waals surface area contributed by atoms with Gasteiger partial charge in [-0.25, -0.2) is 4.79 Å². The maximum atomic E-state index is 11.4. The van der Waals surface area contributed by atoms with Gasteiger partial charge in [-0.2, -0.15) is 0 Å². The van der Waals surface area contributed by atoms with E-state index in [1.165, 1.54) is 18.2 Å². The fourth-order valence-corrected chi connectivity index (χ4v) is 2.61. The summed E-state index contributed by atoms with van der Waals surface area (Å²) in [6.45, 7) is 6.40. The summed E-state index contributed by atoms with van der Waals surface area (Å²) in [6.07, 6.45) is -0.758. The molecule has 0 heterocycles. The minimum atomic E-state index is -0.758. The summed E-state index contributed by atoms with van der Waals surface area (Å²) in [5, 5.41) is 0. The smallest absolute Gasteiger partial charge is 0.488 e. The van der Waals surface area contributed by atoms with E-state index >= 15 is 0 Å². The molecule has 0 saturated carbocycles. The summed E-state index contributed by atoms with van der Waals surface area (Å²) < 4.78 is 16.4. The number of hydrogen-bond donors (Lipinski definition) is 0. The quantitative estimate of drug-likeness (QED) is 0.548. The van der Waals surface area contributed by atoms with Crippen LogP contribution in [0, 0.1) is 20.8 Å². The van der Waals surface area contributed by atoms with Crippen molar-refractivity contribution in [2.24, 2.45) is 0 Å². The topological polar surface area (TPSA) is 44.8 Å². The van der Waals surface area contributed by atoms with E-state index in [4.69, 9.17) is 9.47 Å². The van der Waals surface area contributed by atoms with Crippen LogP contribution in [-0.4, -0.2) is 13.3 Å². The molecule has 4 nitrogen and oxygen atoms in total. The molecule has 5 heteroatoms. The zero-order valence-corrected chi connectivity index (χ0v) is 15.2. The molecular weight excluding hydrogens is 360 g/mol. The maximum absolute atomic E-state index is 11.4. The van der Waals surface area contributed by atoms with Gasteiger partial charge in [-0.1, -0.05) is 28.1 Å². The van der Waals surface area contributed by atoms with Crippen molar-refractivity contribution in [1.29, 1.82) is 0 Å². The van der Waals surface area contributed by atoms with Crippen LogP contribution in [0.5, 0.6) is 11.5 Å². The molecule has 0 N–H and O–H groups in total. The van der Waals surface area contributed by atoms with Crippen molar-refractivity contribution in [2.75, 3.05) is 7.11 Å². The van der Waals surface area contributed by atoms with Crippen LogP contribution in [0.15, 0.2) is 34.8 Å². The lowest BCUT2D eigenvalue weighted by Crippen LogP contribution is -2.10. The first-order chi connectivity index (χ1) is 10.9. The highest BCUT2D eigenvalue weighted by Crippen LogP contribution is 2.30. The van der Waals surface area contributed by atoms with Crippen LogP contribution in [0.4, 0.5) is 4.79 Å². The number of ether oxygens (including phenoxy) is 3. The number of methoxy groups -OCH3 is 1. The molecule has 0 unspecified atom stereocenters. The second-order valence-corrected chi connectivity index (χ2v) is 6.12. The van der Waals surface area contributed by atoms with Gasteiger partial charge in [0, 0.05) is 10.0 Å². The van der Waals surface area contributed by atoms with E-state index in [1.807, 2.05) is 26.0 Å². The van der Waals surface area contributed by atoms with Crippen molar-refractivity contribution in [3.05, 3.63) is 57.1 Å². The lowest BCUT2D eigenvalue weighted by molar-refractivity contribution is 0.120. The minimum Gasteiger partial charge on any atom is -0.488 e. The normalized spacial score (nSPS) is 10.3. The predicted molar refractivity (Wildman–Crippen MR) is 92.2 cm³/mol. The van der Waals surface area contributed by atoms with Gasteiger partial charge in [-0.05, 0) is 55.7 Å². The number of halogens is 1. The lowest BCUT2D eigenvalue weighted by Gasteiger charge is -2.15. The van der Waals surface area contributed by atoms with Crippen molar-refractivity contribution in [3.8, 4) is 11.5 Å². The van der Waals surface area contributed by atoms with Crippen LogP contribution in [0.2, 0.25) is 0 Å². The van der Waals surface area contributed by atoms with Crippen LogP contribution < -0.4 is 9.47 Å². The third kappa shape index (κ3) is 4.26. The summed E-state index contributed by atoms with van der Waals surface area (Å²) in [4.78, 5) is 11.4. The zero-order chi connectivity index (χ0) is 17.0. The zero-order valence-electron chi connectivity index (χ0n) is 13.6. The minimum absolute atomic E-state index is 0.275. The van der Waals surface area contributed by atoms with Gasteiger partial charge in [0.1, 0.15) is 18.1 Å². The fourth-order valence-electron chi connectivity index (χ4n) is 2.15. The van der Waals surface area contributed by atoms with Gasteiger partial charge in [0.05, 0.1) is 7.11 Å². The Kier molecular flexibility index (Phi) is 5.66. The Balaban J connectivity index is 2.23. The SMILES string of the molecule is COC(=O)Oc1cccc(Br)c1COc1cc(C)c(C)cc1C. The second kappa shape index (κ2) is 7.51. The highest BCUT2D eigenvalue weighted by Gasteiger charge is 2.13. The average molecular weight is 379 g/mol. The molecule has 2 rings (SSSR count). The predicted octanol–water partition coefficient (Wildman–Crippen LogP) is 5.10. The molecule has 0 atom stereocenters.